The zero-order valence-electron chi connectivity index (χ0n) is 22.5. The van der Waals surface area contributed by atoms with Gasteiger partial charge in [0.25, 0.3) is 0 Å². The Kier molecular flexibility index (Phi) is 11.0. The first-order valence-corrected chi connectivity index (χ1v) is 14.5. The van der Waals surface area contributed by atoms with Gasteiger partial charge in [0.05, 0.1) is 11.9 Å². The highest BCUT2D eigenvalue weighted by Gasteiger charge is 2.32. The number of benzene rings is 2. The number of unbranched alkanes of at least 4 members (excludes halogenated alkanes) is 1. The minimum Gasteiger partial charge on any atom is -0.354 e. The van der Waals surface area contributed by atoms with Crippen molar-refractivity contribution in [3.63, 3.8) is 0 Å². The molecule has 0 aliphatic heterocycles. The largest absolute Gasteiger partial charge is 0.354 e. The molecule has 1 atom stereocenters. The lowest BCUT2D eigenvalue weighted by Gasteiger charge is -2.33. The van der Waals surface area contributed by atoms with Crippen LogP contribution in [0.4, 0.5) is 5.69 Å². The van der Waals surface area contributed by atoms with Gasteiger partial charge in [0.2, 0.25) is 21.8 Å². The molecule has 0 radical (unpaired) electrons. The number of nitrogens with zero attached hydrogens (tertiary/aromatic N) is 2. The average Bonchev–Trinajstić information content (AvgIpc) is 2.81. The Bertz CT molecular complexity index is 1130. The van der Waals surface area contributed by atoms with Crippen molar-refractivity contribution in [3.8, 4) is 0 Å². The van der Waals surface area contributed by atoms with Gasteiger partial charge < -0.3 is 10.2 Å². The number of amides is 2. The van der Waals surface area contributed by atoms with E-state index in [0.29, 0.717) is 18.7 Å². The van der Waals surface area contributed by atoms with E-state index < -0.39 is 22.0 Å². The van der Waals surface area contributed by atoms with Crippen LogP contribution in [0, 0.1) is 6.92 Å². The second-order valence-electron chi connectivity index (χ2n) is 9.56. The van der Waals surface area contributed by atoms with Crippen molar-refractivity contribution >= 4 is 27.5 Å². The number of carbonyl (C=O) groups excluding carboxylic acids is 2. The van der Waals surface area contributed by atoms with Crippen molar-refractivity contribution in [2.75, 3.05) is 23.7 Å². The highest BCUT2D eigenvalue weighted by atomic mass is 32.2. The summed E-state index contributed by atoms with van der Waals surface area (Å²) in [5.74, 6) is -0.574. The van der Waals surface area contributed by atoms with E-state index in [4.69, 9.17) is 0 Å². The summed E-state index contributed by atoms with van der Waals surface area (Å²) in [4.78, 5) is 28.5. The van der Waals surface area contributed by atoms with Gasteiger partial charge >= 0.3 is 0 Å². The number of hydrogen-bond donors (Lipinski definition) is 1. The normalized spacial score (nSPS) is 12.3. The quantitative estimate of drug-likeness (QED) is 0.395. The number of hydrogen-bond acceptors (Lipinski definition) is 4. The number of anilines is 1. The standard InChI is InChI=1S/C28H41N3O4S/c1-7-9-17-29-28(33)25(8-2)30(19-23-14-12-13-22(5)18-23)27(32)20-31(36(6,34)35)26-16-11-10-15-24(26)21(3)4/h10-16,18,21,25H,7-9,17,19-20H2,1-6H3,(H,29,33). The van der Waals surface area contributed by atoms with Gasteiger partial charge in [-0.2, -0.15) is 0 Å². The van der Waals surface area contributed by atoms with Crippen LogP contribution >= 0.6 is 0 Å². The molecule has 2 amide bonds. The molecule has 0 bridgehead atoms. The Hall–Kier alpha value is -2.87. The van der Waals surface area contributed by atoms with Gasteiger partial charge in [0, 0.05) is 13.1 Å². The summed E-state index contributed by atoms with van der Waals surface area (Å²) in [6.07, 6.45) is 3.32. The van der Waals surface area contributed by atoms with Crippen molar-refractivity contribution in [2.45, 2.75) is 72.4 Å². The molecule has 1 N–H and O–H groups in total. The SMILES string of the molecule is CCCCNC(=O)C(CC)N(Cc1cccc(C)c1)C(=O)CN(c1ccccc1C(C)C)S(C)(=O)=O. The van der Waals surface area contributed by atoms with Crippen molar-refractivity contribution in [2.24, 2.45) is 0 Å². The smallest absolute Gasteiger partial charge is 0.244 e. The number of sulfonamides is 1. The van der Waals surface area contributed by atoms with Crippen LogP contribution in [0.1, 0.15) is 69.6 Å². The fourth-order valence-electron chi connectivity index (χ4n) is 4.23. The molecule has 198 valence electrons. The molecular weight excluding hydrogens is 474 g/mol. The zero-order valence-corrected chi connectivity index (χ0v) is 23.3. The summed E-state index contributed by atoms with van der Waals surface area (Å²) < 4.78 is 26.9. The molecule has 0 saturated carbocycles. The second-order valence-corrected chi connectivity index (χ2v) is 11.5. The molecular formula is C28H41N3O4S. The summed E-state index contributed by atoms with van der Waals surface area (Å²) in [6.45, 7) is 10.2. The van der Waals surface area contributed by atoms with Gasteiger partial charge in [0.15, 0.2) is 0 Å². The molecule has 2 rings (SSSR count). The van der Waals surface area contributed by atoms with E-state index in [2.05, 4.69) is 5.32 Å². The van der Waals surface area contributed by atoms with Gasteiger partial charge in [-0.1, -0.05) is 82.1 Å². The Morgan fingerprint density at radius 3 is 2.31 bits per heavy atom. The molecule has 2 aromatic carbocycles. The second kappa shape index (κ2) is 13.4. The van der Waals surface area contributed by atoms with Crippen LogP contribution in [-0.4, -0.2) is 50.5 Å². The molecule has 0 aliphatic carbocycles. The minimum absolute atomic E-state index is 0.0664. The lowest BCUT2D eigenvalue weighted by molar-refractivity contribution is -0.140. The maximum absolute atomic E-state index is 13.8. The first-order valence-electron chi connectivity index (χ1n) is 12.7. The molecule has 0 spiro atoms. The Morgan fingerprint density at radius 1 is 1.03 bits per heavy atom. The van der Waals surface area contributed by atoms with E-state index in [0.717, 1.165) is 40.1 Å². The van der Waals surface area contributed by atoms with Crippen LogP contribution in [-0.2, 0) is 26.2 Å². The van der Waals surface area contributed by atoms with Gasteiger partial charge in [-0.05, 0) is 42.9 Å². The molecule has 0 fully saturated rings. The van der Waals surface area contributed by atoms with Gasteiger partial charge in [-0.15, -0.1) is 0 Å². The maximum atomic E-state index is 13.8. The van der Waals surface area contributed by atoms with E-state index in [1.807, 2.05) is 71.0 Å². The third-order valence-corrected chi connectivity index (χ3v) is 7.28. The summed E-state index contributed by atoms with van der Waals surface area (Å²) in [5.41, 5.74) is 3.25. The number of aryl methyl sites for hydroxylation is 1. The third-order valence-electron chi connectivity index (χ3n) is 6.16. The first-order chi connectivity index (χ1) is 17.0. The predicted octanol–water partition coefficient (Wildman–Crippen LogP) is 4.61. The third kappa shape index (κ3) is 8.08. The van der Waals surface area contributed by atoms with E-state index in [9.17, 15) is 18.0 Å². The van der Waals surface area contributed by atoms with Crippen LogP contribution in [0.15, 0.2) is 48.5 Å². The van der Waals surface area contributed by atoms with Gasteiger partial charge in [0.1, 0.15) is 12.6 Å². The molecule has 0 aliphatic rings. The molecule has 7 nitrogen and oxygen atoms in total. The Morgan fingerprint density at radius 2 is 1.72 bits per heavy atom. The topological polar surface area (TPSA) is 86.8 Å². The van der Waals surface area contributed by atoms with E-state index in [1.165, 1.54) is 4.90 Å². The van der Waals surface area contributed by atoms with Crippen molar-refractivity contribution < 1.29 is 18.0 Å². The Labute approximate surface area is 216 Å². The fraction of sp³-hybridized carbons (Fsp3) is 0.500. The van der Waals surface area contributed by atoms with E-state index >= 15 is 0 Å². The highest BCUT2D eigenvalue weighted by molar-refractivity contribution is 7.92. The van der Waals surface area contributed by atoms with E-state index in [1.54, 1.807) is 12.1 Å². The monoisotopic (exact) mass is 515 g/mol. The van der Waals surface area contributed by atoms with Crippen molar-refractivity contribution in [1.82, 2.24) is 10.2 Å². The summed E-state index contributed by atoms with van der Waals surface area (Å²) in [6, 6.07) is 14.3. The van der Waals surface area contributed by atoms with Crippen LogP contribution in [0.3, 0.4) is 0 Å². The van der Waals surface area contributed by atoms with Crippen molar-refractivity contribution in [1.29, 1.82) is 0 Å². The molecule has 36 heavy (non-hydrogen) atoms. The maximum Gasteiger partial charge on any atom is 0.244 e. The van der Waals surface area contributed by atoms with Crippen LogP contribution in [0.2, 0.25) is 0 Å². The predicted molar refractivity (Wildman–Crippen MR) is 146 cm³/mol. The lowest BCUT2D eigenvalue weighted by Crippen LogP contribution is -2.52. The zero-order chi connectivity index (χ0) is 26.9. The summed E-state index contributed by atoms with van der Waals surface area (Å²) in [7, 11) is -3.77. The number of carbonyl (C=O) groups is 2. The van der Waals surface area contributed by atoms with Gasteiger partial charge in [-0.3, -0.25) is 13.9 Å². The molecule has 0 aromatic heterocycles. The number of rotatable bonds is 13. The molecule has 8 heteroatoms. The Balaban J connectivity index is 2.47. The lowest BCUT2D eigenvalue weighted by atomic mass is 10.0. The highest BCUT2D eigenvalue weighted by Crippen LogP contribution is 2.29. The number of nitrogens with one attached hydrogen (secondary N) is 1. The average molecular weight is 516 g/mol. The minimum atomic E-state index is -3.77. The summed E-state index contributed by atoms with van der Waals surface area (Å²) in [5, 5.41) is 2.94. The fourth-order valence-corrected chi connectivity index (χ4v) is 5.10. The molecule has 1 unspecified atom stereocenters. The van der Waals surface area contributed by atoms with Crippen molar-refractivity contribution in [3.05, 3.63) is 65.2 Å². The first kappa shape index (κ1) is 29.4. The van der Waals surface area contributed by atoms with Gasteiger partial charge in [-0.25, -0.2) is 8.42 Å². The molecule has 0 heterocycles. The molecule has 0 saturated heterocycles. The summed E-state index contributed by atoms with van der Waals surface area (Å²) >= 11 is 0. The van der Waals surface area contributed by atoms with Crippen LogP contribution < -0.4 is 9.62 Å². The van der Waals surface area contributed by atoms with E-state index in [-0.39, 0.29) is 24.9 Å². The molecule has 2 aromatic rings. The number of para-hydroxylation sites is 1. The van der Waals surface area contributed by atoms with Crippen LogP contribution in [0.5, 0.6) is 0 Å². The van der Waals surface area contributed by atoms with Crippen LogP contribution in [0.25, 0.3) is 0 Å².